The lowest BCUT2D eigenvalue weighted by Gasteiger charge is -2.22. The van der Waals surface area contributed by atoms with Crippen LogP contribution in [-0.4, -0.2) is 42.1 Å². The van der Waals surface area contributed by atoms with Gasteiger partial charge in [0, 0.05) is 13.1 Å². The average molecular weight is 306 g/mol. The van der Waals surface area contributed by atoms with Gasteiger partial charge in [-0.2, -0.15) is 0 Å². The summed E-state index contributed by atoms with van der Waals surface area (Å²) in [5, 5.41) is 9.35. The molecule has 0 aliphatic heterocycles. The van der Waals surface area contributed by atoms with Crippen LogP contribution in [0.2, 0.25) is 10.0 Å². The van der Waals surface area contributed by atoms with Crippen LogP contribution in [0.1, 0.15) is 17.3 Å². The zero-order chi connectivity index (χ0) is 14.7. The Bertz CT molecular complexity index is 519. The highest BCUT2D eigenvalue weighted by Gasteiger charge is 2.25. The van der Waals surface area contributed by atoms with Gasteiger partial charge in [0.2, 0.25) is 0 Å². The third-order valence-electron chi connectivity index (χ3n) is 2.73. The zero-order valence-corrected chi connectivity index (χ0v) is 12.1. The Morgan fingerprint density at radius 3 is 2.32 bits per heavy atom. The van der Waals surface area contributed by atoms with E-state index in [9.17, 15) is 9.59 Å². The predicted molar refractivity (Wildman–Crippen MR) is 72.2 cm³/mol. The number of ether oxygens (including phenoxy) is 1. The highest BCUT2D eigenvalue weighted by Crippen LogP contribution is 2.31. The Hall–Kier alpha value is -1.46. The van der Waals surface area contributed by atoms with Gasteiger partial charge in [0.15, 0.2) is 0 Å². The van der Waals surface area contributed by atoms with Crippen molar-refractivity contribution in [1.29, 1.82) is 0 Å². The molecule has 0 aromatic heterocycles. The minimum Gasteiger partial charge on any atom is -0.496 e. The first kappa shape index (κ1) is 15.6. The van der Waals surface area contributed by atoms with E-state index in [-0.39, 0.29) is 21.4 Å². The summed E-state index contributed by atoms with van der Waals surface area (Å²) in [4.78, 5) is 24.2. The molecule has 0 saturated carbocycles. The summed E-state index contributed by atoms with van der Waals surface area (Å²) in [7, 11) is 2.78. The Kier molecular flexibility index (Phi) is 5.03. The first-order valence-electron chi connectivity index (χ1n) is 5.32. The van der Waals surface area contributed by atoms with Crippen LogP contribution in [0.5, 0.6) is 5.75 Å². The molecule has 0 saturated heterocycles. The van der Waals surface area contributed by atoms with Gasteiger partial charge in [-0.25, -0.2) is 4.79 Å². The zero-order valence-electron chi connectivity index (χ0n) is 10.6. The number of carboxylic acid groups (broad SMARTS) is 1. The highest BCUT2D eigenvalue weighted by atomic mass is 35.5. The molecule has 0 fully saturated rings. The van der Waals surface area contributed by atoms with Gasteiger partial charge >= 0.3 is 5.97 Å². The van der Waals surface area contributed by atoms with Crippen LogP contribution in [0.25, 0.3) is 0 Å². The fourth-order valence-corrected chi connectivity index (χ4v) is 1.71. The average Bonchev–Trinajstić information content (AvgIpc) is 2.38. The molecule has 5 nitrogen and oxygen atoms in total. The van der Waals surface area contributed by atoms with Gasteiger partial charge in [0.05, 0.1) is 22.7 Å². The van der Waals surface area contributed by atoms with Crippen molar-refractivity contribution in [2.75, 3.05) is 14.2 Å². The monoisotopic (exact) mass is 305 g/mol. The van der Waals surface area contributed by atoms with Crippen molar-refractivity contribution in [2.45, 2.75) is 13.0 Å². The van der Waals surface area contributed by atoms with E-state index in [1.807, 2.05) is 0 Å². The molecular weight excluding hydrogens is 293 g/mol. The van der Waals surface area contributed by atoms with E-state index in [4.69, 9.17) is 33.0 Å². The van der Waals surface area contributed by atoms with Crippen molar-refractivity contribution in [3.05, 3.63) is 27.7 Å². The molecule has 0 aliphatic carbocycles. The molecule has 19 heavy (non-hydrogen) atoms. The molecule has 1 rings (SSSR count). The largest absolute Gasteiger partial charge is 0.496 e. The van der Waals surface area contributed by atoms with Crippen LogP contribution >= 0.6 is 23.2 Å². The number of carboxylic acids is 1. The van der Waals surface area contributed by atoms with Crippen LogP contribution in [0.4, 0.5) is 0 Å². The van der Waals surface area contributed by atoms with E-state index in [2.05, 4.69) is 0 Å². The van der Waals surface area contributed by atoms with Crippen molar-refractivity contribution in [3.8, 4) is 5.75 Å². The van der Waals surface area contributed by atoms with Crippen molar-refractivity contribution < 1.29 is 19.4 Å². The molecule has 1 aromatic rings. The maximum absolute atomic E-state index is 12.2. The molecule has 104 valence electrons. The number of hydrogen-bond donors (Lipinski definition) is 1. The Balaban J connectivity index is 3.19. The van der Waals surface area contributed by atoms with Crippen molar-refractivity contribution in [1.82, 2.24) is 4.90 Å². The van der Waals surface area contributed by atoms with Gasteiger partial charge in [-0.3, -0.25) is 4.79 Å². The minimum absolute atomic E-state index is 0.160. The molecule has 7 heteroatoms. The Morgan fingerprint density at radius 1 is 1.32 bits per heavy atom. The molecular formula is C12H13Cl2NO4. The first-order chi connectivity index (χ1) is 8.79. The van der Waals surface area contributed by atoms with E-state index < -0.39 is 17.9 Å². The second-order valence-corrected chi connectivity index (χ2v) is 4.71. The van der Waals surface area contributed by atoms with Gasteiger partial charge in [0.25, 0.3) is 5.91 Å². The molecule has 1 N–H and O–H groups in total. The summed E-state index contributed by atoms with van der Waals surface area (Å²) < 4.78 is 5.05. The lowest BCUT2D eigenvalue weighted by Crippen LogP contribution is -2.40. The summed E-state index contributed by atoms with van der Waals surface area (Å²) in [5.74, 6) is -1.37. The maximum Gasteiger partial charge on any atom is 0.326 e. The number of halogens is 2. The number of hydrogen-bond acceptors (Lipinski definition) is 3. The number of carbonyl (C=O) groups excluding carboxylic acids is 1. The van der Waals surface area contributed by atoms with E-state index in [1.165, 1.54) is 33.2 Å². The van der Waals surface area contributed by atoms with Crippen molar-refractivity contribution in [3.63, 3.8) is 0 Å². The quantitative estimate of drug-likeness (QED) is 0.928. The van der Waals surface area contributed by atoms with Gasteiger partial charge in [0.1, 0.15) is 11.8 Å². The Morgan fingerprint density at radius 2 is 1.84 bits per heavy atom. The standard InChI is InChI=1S/C12H13Cl2NO4/c1-6(12(17)18)15(2)11(16)7-4-8(13)9(14)5-10(7)19-3/h4-6H,1-3H3,(H,17,18). The van der Waals surface area contributed by atoms with E-state index in [0.29, 0.717) is 0 Å². The van der Waals surface area contributed by atoms with Crippen LogP contribution < -0.4 is 4.74 Å². The third kappa shape index (κ3) is 3.30. The van der Waals surface area contributed by atoms with Gasteiger partial charge in [-0.1, -0.05) is 23.2 Å². The van der Waals surface area contributed by atoms with Crippen LogP contribution in [-0.2, 0) is 4.79 Å². The highest BCUT2D eigenvalue weighted by molar-refractivity contribution is 6.42. The van der Waals surface area contributed by atoms with Gasteiger partial charge in [-0.05, 0) is 13.0 Å². The molecule has 0 aliphatic rings. The molecule has 1 amide bonds. The number of likely N-dealkylation sites (N-methyl/N-ethyl adjacent to an activating group) is 1. The van der Waals surface area contributed by atoms with Crippen molar-refractivity contribution in [2.24, 2.45) is 0 Å². The third-order valence-corrected chi connectivity index (χ3v) is 3.45. The molecule has 0 spiro atoms. The van der Waals surface area contributed by atoms with Crippen LogP contribution in [0, 0.1) is 0 Å². The predicted octanol–water partition coefficient (Wildman–Crippen LogP) is 2.55. The fraction of sp³-hybridized carbons (Fsp3) is 0.333. The first-order valence-corrected chi connectivity index (χ1v) is 6.08. The number of carbonyl (C=O) groups is 2. The summed E-state index contributed by atoms with van der Waals surface area (Å²) in [5.41, 5.74) is 0.160. The number of aliphatic carboxylic acids is 1. The second-order valence-electron chi connectivity index (χ2n) is 3.90. The number of rotatable bonds is 4. The van der Waals surface area contributed by atoms with Crippen LogP contribution in [0.3, 0.4) is 0 Å². The second kappa shape index (κ2) is 6.12. The minimum atomic E-state index is -1.10. The van der Waals surface area contributed by atoms with E-state index in [0.717, 1.165) is 4.90 Å². The Labute approximate surface area is 120 Å². The smallest absolute Gasteiger partial charge is 0.326 e. The van der Waals surface area contributed by atoms with Gasteiger partial charge < -0.3 is 14.7 Å². The van der Waals surface area contributed by atoms with Gasteiger partial charge in [-0.15, -0.1) is 0 Å². The normalized spacial score (nSPS) is 11.8. The topological polar surface area (TPSA) is 66.8 Å². The van der Waals surface area contributed by atoms with Crippen LogP contribution in [0.15, 0.2) is 12.1 Å². The number of methoxy groups -OCH3 is 1. The number of benzene rings is 1. The molecule has 0 radical (unpaired) electrons. The van der Waals surface area contributed by atoms with E-state index >= 15 is 0 Å². The summed E-state index contributed by atoms with van der Waals surface area (Å²) in [6.45, 7) is 1.41. The summed E-state index contributed by atoms with van der Waals surface area (Å²) in [6, 6.07) is 1.80. The lowest BCUT2D eigenvalue weighted by atomic mass is 10.1. The number of amides is 1. The SMILES string of the molecule is COc1cc(Cl)c(Cl)cc1C(=O)N(C)C(C)C(=O)O. The summed E-state index contributed by atoms with van der Waals surface area (Å²) >= 11 is 11.7. The molecule has 0 heterocycles. The fourth-order valence-electron chi connectivity index (χ4n) is 1.40. The number of nitrogens with zero attached hydrogens (tertiary/aromatic N) is 1. The maximum atomic E-state index is 12.2. The van der Waals surface area contributed by atoms with E-state index in [1.54, 1.807) is 0 Å². The molecule has 1 unspecified atom stereocenters. The summed E-state index contributed by atoms with van der Waals surface area (Å²) in [6.07, 6.45) is 0. The molecule has 1 atom stereocenters. The molecule has 0 bridgehead atoms. The van der Waals surface area contributed by atoms with Crippen molar-refractivity contribution >= 4 is 35.1 Å². The molecule has 1 aromatic carbocycles. The lowest BCUT2D eigenvalue weighted by molar-refractivity contribution is -0.141.